The van der Waals surface area contributed by atoms with Gasteiger partial charge in [0.05, 0.1) is 18.3 Å². The van der Waals surface area contributed by atoms with Crippen molar-refractivity contribution in [3.63, 3.8) is 0 Å². The second-order valence-corrected chi connectivity index (χ2v) is 7.05. The molecule has 0 aromatic rings. The van der Waals surface area contributed by atoms with Gasteiger partial charge in [0.25, 0.3) is 0 Å². The van der Waals surface area contributed by atoms with Crippen molar-refractivity contribution in [2.24, 2.45) is 0 Å². The van der Waals surface area contributed by atoms with Crippen LogP contribution in [0.15, 0.2) is 0 Å². The monoisotopic (exact) mass is 299 g/mol. The van der Waals surface area contributed by atoms with E-state index in [1.54, 1.807) is 0 Å². The van der Waals surface area contributed by atoms with E-state index in [1.165, 1.54) is 0 Å². The first-order chi connectivity index (χ1) is 9.74. The third-order valence-corrected chi connectivity index (χ3v) is 4.27. The summed E-state index contributed by atoms with van der Waals surface area (Å²) in [6.45, 7) is 12.8. The van der Waals surface area contributed by atoms with Gasteiger partial charge in [0.15, 0.2) is 0 Å². The minimum Gasteiger partial charge on any atom is -0.465 e. The van der Waals surface area contributed by atoms with Gasteiger partial charge in [-0.3, -0.25) is 10.1 Å². The fourth-order valence-corrected chi connectivity index (χ4v) is 3.06. The van der Waals surface area contributed by atoms with Gasteiger partial charge in [-0.05, 0) is 60.3 Å². The van der Waals surface area contributed by atoms with Crippen molar-refractivity contribution in [2.75, 3.05) is 6.61 Å². The Bertz CT molecular complexity index is 341. The molecule has 0 bridgehead atoms. The summed E-state index contributed by atoms with van der Waals surface area (Å²) in [6, 6.07) is 0.243. The second-order valence-electron chi connectivity index (χ2n) is 7.05. The fourth-order valence-electron chi connectivity index (χ4n) is 3.06. The van der Waals surface area contributed by atoms with Crippen LogP contribution in [-0.4, -0.2) is 35.9 Å². The highest BCUT2D eigenvalue weighted by Gasteiger charge is 2.45. The highest BCUT2D eigenvalue weighted by molar-refractivity contribution is 5.81. The molecule has 2 atom stereocenters. The van der Waals surface area contributed by atoms with Crippen LogP contribution in [0.2, 0.25) is 0 Å². The van der Waals surface area contributed by atoms with Crippen LogP contribution >= 0.6 is 0 Å². The lowest BCUT2D eigenvalue weighted by atomic mass is 9.79. The molecule has 21 heavy (non-hydrogen) atoms. The number of carbonyl (C=O) groups is 1. The first kappa shape index (κ1) is 18.4. The van der Waals surface area contributed by atoms with Crippen LogP contribution in [0.3, 0.4) is 0 Å². The lowest BCUT2D eigenvalue weighted by Crippen LogP contribution is -2.59. The molecule has 124 valence electrons. The van der Waals surface area contributed by atoms with Crippen molar-refractivity contribution in [3.05, 3.63) is 0 Å². The van der Waals surface area contributed by atoms with Crippen molar-refractivity contribution in [1.29, 1.82) is 0 Å². The Morgan fingerprint density at radius 3 is 2.57 bits per heavy atom. The minimum atomic E-state index is -0.586. The van der Waals surface area contributed by atoms with Gasteiger partial charge in [-0.15, -0.1) is 0 Å². The SMILES string of the molecule is CCOC(=O)C1(NC(C)C)CCCC(OC(C)(C)CC)C1. The molecule has 0 aliphatic heterocycles. The fraction of sp³-hybridized carbons (Fsp3) is 0.941. The van der Waals surface area contributed by atoms with Crippen molar-refractivity contribution < 1.29 is 14.3 Å². The maximum atomic E-state index is 12.5. The van der Waals surface area contributed by atoms with Crippen LogP contribution < -0.4 is 5.32 Å². The standard InChI is InChI=1S/C17H33NO3/c1-7-16(5,6)21-14-10-9-11-17(12-14,18-13(3)4)15(19)20-8-2/h13-14,18H,7-12H2,1-6H3. The first-order valence-electron chi connectivity index (χ1n) is 8.37. The molecule has 1 aliphatic carbocycles. The summed E-state index contributed by atoms with van der Waals surface area (Å²) in [4.78, 5) is 12.5. The Labute approximate surface area is 130 Å². The van der Waals surface area contributed by atoms with Crippen LogP contribution in [0.25, 0.3) is 0 Å². The molecule has 0 heterocycles. The summed E-state index contributed by atoms with van der Waals surface area (Å²) in [5.41, 5.74) is -0.725. The minimum absolute atomic E-state index is 0.115. The van der Waals surface area contributed by atoms with E-state index in [0.29, 0.717) is 13.0 Å². The molecule has 1 fully saturated rings. The smallest absolute Gasteiger partial charge is 0.326 e. The molecule has 1 rings (SSSR count). The molecule has 2 unspecified atom stereocenters. The Kier molecular flexibility index (Phi) is 6.67. The van der Waals surface area contributed by atoms with E-state index < -0.39 is 5.54 Å². The maximum absolute atomic E-state index is 12.5. The van der Waals surface area contributed by atoms with Gasteiger partial charge in [-0.2, -0.15) is 0 Å². The third-order valence-electron chi connectivity index (χ3n) is 4.27. The zero-order valence-corrected chi connectivity index (χ0v) is 14.6. The molecule has 0 aromatic carbocycles. The van der Waals surface area contributed by atoms with Crippen molar-refractivity contribution in [2.45, 2.75) is 96.9 Å². The zero-order chi connectivity index (χ0) is 16.1. The second kappa shape index (κ2) is 7.59. The molecule has 0 saturated heterocycles. The summed E-state index contributed by atoms with van der Waals surface area (Å²) >= 11 is 0. The molecular weight excluding hydrogens is 266 g/mol. The summed E-state index contributed by atoms with van der Waals surface area (Å²) in [5, 5.41) is 3.46. The average Bonchev–Trinajstić information content (AvgIpc) is 2.38. The molecule has 4 nitrogen and oxygen atoms in total. The largest absolute Gasteiger partial charge is 0.465 e. The topological polar surface area (TPSA) is 47.6 Å². The number of hydrogen-bond donors (Lipinski definition) is 1. The summed E-state index contributed by atoms with van der Waals surface area (Å²) in [5.74, 6) is -0.124. The van der Waals surface area contributed by atoms with Gasteiger partial charge in [0, 0.05) is 12.5 Å². The van der Waals surface area contributed by atoms with Gasteiger partial charge < -0.3 is 9.47 Å². The quantitative estimate of drug-likeness (QED) is 0.732. The average molecular weight is 299 g/mol. The molecule has 0 radical (unpaired) electrons. The normalized spacial score (nSPS) is 26.9. The molecule has 0 spiro atoms. The highest BCUT2D eigenvalue weighted by atomic mass is 16.5. The number of hydrogen-bond acceptors (Lipinski definition) is 4. The predicted molar refractivity (Wildman–Crippen MR) is 85.3 cm³/mol. The van der Waals surface area contributed by atoms with E-state index in [0.717, 1.165) is 25.7 Å². The zero-order valence-electron chi connectivity index (χ0n) is 14.6. The number of esters is 1. The maximum Gasteiger partial charge on any atom is 0.326 e. The lowest BCUT2D eigenvalue weighted by Gasteiger charge is -2.42. The van der Waals surface area contributed by atoms with E-state index in [9.17, 15) is 4.79 Å². The number of carbonyl (C=O) groups excluding carboxylic acids is 1. The van der Waals surface area contributed by atoms with Crippen molar-refractivity contribution in [3.8, 4) is 0 Å². The van der Waals surface area contributed by atoms with Crippen LogP contribution in [-0.2, 0) is 14.3 Å². The Morgan fingerprint density at radius 2 is 2.05 bits per heavy atom. The highest BCUT2D eigenvalue weighted by Crippen LogP contribution is 2.34. The number of nitrogens with one attached hydrogen (secondary N) is 1. The van der Waals surface area contributed by atoms with E-state index >= 15 is 0 Å². The summed E-state index contributed by atoms with van der Waals surface area (Å²) in [7, 11) is 0. The summed E-state index contributed by atoms with van der Waals surface area (Å²) in [6.07, 6.45) is 4.62. The molecular formula is C17H33NO3. The van der Waals surface area contributed by atoms with Crippen LogP contribution in [0.1, 0.15) is 73.6 Å². The molecule has 1 saturated carbocycles. The van der Waals surface area contributed by atoms with E-state index in [2.05, 4.69) is 39.9 Å². The number of rotatable bonds is 7. The van der Waals surface area contributed by atoms with Crippen LogP contribution in [0.5, 0.6) is 0 Å². The van der Waals surface area contributed by atoms with Crippen molar-refractivity contribution >= 4 is 5.97 Å². The molecule has 1 N–H and O–H groups in total. The van der Waals surface area contributed by atoms with Crippen LogP contribution in [0.4, 0.5) is 0 Å². The predicted octanol–water partition coefficient (Wildman–Crippen LogP) is 3.43. The third kappa shape index (κ3) is 5.26. The first-order valence-corrected chi connectivity index (χ1v) is 8.37. The Balaban J connectivity index is 2.85. The molecule has 4 heteroatoms. The van der Waals surface area contributed by atoms with Crippen LogP contribution in [0, 0.1) is 0 Å². The van der Waals surface area contributed by atoms with Gasteiger partial charge in [0.2, 0.25) is 0 Å². The van der Waals surface area contributed by atoms with E-state index in [4.69, 9.17) is 9.47 Å². The van der Waals surface area contributed by atoms with Gasteiger partial charge in [0.1, 0.15) is 5.54 Å². The molecule has 0 amide bonds. The Hall–Kier alpha value is -0.610. The summed E-state index contributed by atoms with van der Waals surface area (Å²) < 4.78 is 11.6. The van der Waals surface area contributed by atoms with Gasteiger partial charge >= 0.3 is 5.97 Å². The van der Waals surface area contributed by atoms with Gasteiger partial charge in [-0.25, -0.2) is 0 Å². The van der Waals surface area contributed by atoms with Crippen molar-refractivity contribution in [1.82, 2.24) is 5.32 Å². The molecule has 1 aliphatic rings. The van der Waals surface area contributed by atoms with E-state index in [-0.39, 0.29) is 23.7 Å². The van der Waals surface area contributed by atoms with Gasteiger partial charge in [-0.1, -0.05) is 6.92 Å². The molecule has 0 aromatic heterocycles. The lowest BCUT2D eigenvalue weighted by molar-refractivity contribution is -0.160. The van der Waals surface area contributed by atoms with E-state index in [1.807, 2.05) is 6.92 Å². The Morgan fingerprint density at radius 1 is 1.38 bits per heavy atom. The number of ether oxygens (including phenoxy) is 2.